The number of nitriles is 1. The number of carbonyl (C=O) groups is 1. The van der Waals surface area contributed by atoms with Gasteiger partial charge in [0.15, 0.2) is 0 Å². The summed E-state index contributed by atoms with van der Waals surface area (Å²) in [6.07, 6.45) is 1.94. The number of hydrogen-bond acceptors (Lipinski definition) is 4. The molecule has 2 fully saturated rings. The van der Waals surface area contributed by atoms with E-state index in [2.05, 4.69) is 6.07 Å². The van der Waals surface area contributed by atoms with E-state index < -0.39 is 0 Å². The lowest BCUT2D eigenvalue weighted by molar-refractivity contribution is -0.148. The summed E-state index contributed by atoms with van der Waals surface area (Å²) in [5.74, 6) is 0.955. The normalized spacial score (nSPS) is 22.2. The maximum Gasteiger partial charge on any atom is 0.228 e. The number of carbonyl (C=O) groups excluding carboxylic acids is 1. The molecule has 110 valence electrons. The van der Waals surface area contributed by atoms with Crippen LogP contribution < -0.4 is 4.74 Å². The number of benzene rings is 1. The molecule has 2 aliphatic heterocycles. The molecule has 0 radical (unpaired) electrons. The first kappa shape index (κ1) is 13.9. The Balaban J connectivity index is 1.46. The van der Waals surface area contributed by atoms with E-state index in [1.54, 1.807) is 24.3 Å². The average molecular weight is 286 g/mol. The third-order valence-electron chi connectivity index (χ3n) is 3.96. The van der Waals surface area contributed by atoms with Gasteiger partial charge in [-0.3, -0.25) is 4.79 Å². The number of rotatable bonds is 3. The minimum Gasteiger partial charge on any atom is -0.487 e. The summed E-state index contributed by atoms with van der Waals surface area (Å²) in [5, 5.41) is 8.74. The smallest absolute Gasteiger partial charge is 0.228 e. The predicted molar refractivity (Wildman–Crippen MR) is 75.7 cm³/mol. The minimum absolute atomic E-state index is 0.0228. The van der Waals surface area contributed by atoms with E-state index in [9.17, 15) is 4.79 Å². The SMILES string of the molecule is N#Cc1ccc(OC2CN(C(=O)C3CCCOC3)C2)cc1. The maximum atomic E-state index is 12.2. The van der Waals surface area contributed by atoms with Crippen molar-refractivity contribution in [3.63, 3.8) is 0 Å². The van der Waals surface area contributed by atoms with Crippen molar-refractivity contribution in [3.8, 4) is 11.8 Å². The van der Waals surface area contributed by atoms with Crippen molar-refractivity contribution in [1.29, 1.82) is 5.26 Å². The zero-order valence-electron chi connectivity index (χ0n) is 11.8. The third-order valence-corrected chi connectivity index (χ3v) is 3.96. The van der Waals surface area contributed by atoms with Crippen molar-refractivity contribution in [3.05, 3.63) is 29.8 Å². The van der Waals surface area contributed by atoms with Crippen LogP contribution in [0, 0.1) is 17.2 Å². The molecule has 5 heteroatoms. The Kier molecular flexibility index (Phi) is 4.07. The molecule has 21 heavy (non-hydrogen) atoms. The average Bonchev–Trinajstić information content (AvgIpc) is 2.51. The van der Waals surface area contributed by atoms with Crippen LogP contribution in [0.25, 0.3) is 0 Å². The summed E-state index contributed by atoms with van der Waals surface area (Å²) in [5.41, 5.74) is 0.616. The Hall–Kier alpha value is -2.06. The first-order chi connectivity index (χ1) is 10.3. The molecule has 1 amide bonds. The highest BCUT2D eigenvalue weighted by Crippen LogP contribution is 2.23. The van der Waals surface area contributed by atoms with Crippen molar-refractivity contribution in [2.75, 3.05) is 26.3 Å². The van der Waals surface area contributed by atoms with E-state index in [1.165, 1.54) is 0 Å². The van der Waals surface area contributed by atoms with Gasteiger partial charge in [0.05, 0.1) is 37.2 Å². The number of amides is 1. The molecule has 3 rings (SSSR count). The highest BCUT2D eigenvalue weighted by atomic mass is 16.5. The second kappa shape index (κ2) is 6.15. The molecular formula is C16H18N2O3. The second-order valence-electron chi connectivity index (χ2n) is 5.53. The van der Waals surface area contributed by atoms with Gasteiger partial charge in [0, 0.05) is 6.61 Å². The van der Waals surface area contributed by atoms with Crippen LogP contribution in [-0.2, 0) is 9.53 Å². The predicted octanol–water partition coefficient (Wildman–Crippen LogP) is 1.57. The zero-order chi connectivity index (χ0) is 14.7. The van der Waals surface area contributed by atoms with E-state index >= 15 is 0 Å². The summed E-state index contributed by atoms with van der Waals surface area (Å²) >= 11 is 0. The summed E-state index contributed by atoms with van der Waals surface area (Å²) in [7, 11) is 0. The van der Waals surface area contributed by atoms with E-state index in [-0.39, 0.29) is 17.9 Å². The Labute approximate surface area is 124 Å². The van der Waals surface area contributed by atoms with Crippen LogP contribution in [0.1, 0.15) is 18.4 Å². The van der Waals surface area contributed by atoms with Gasteiger partial charge < -0.3 is 14.4 Å². The van der Waals surface area contributed by atoms with Gasteiger partial charge in [-0.15, -0.1) is 0 Å². The van der Waals surface area contributed by atoms with Crippen molar-refractivity contribution in [2.45, 2.75) is 18.9 Å². The molecule has 1 unspecified atom stereocenters. The number of ether oxygens (including phenoxy) is 2. The monoisotopic (exact) mass is 286 g/mol. The molecule has 0 spiro atoms. The molecule has 1 aromatic rings. The van der Waals surface area contributed by atoms with Gasteiger partial charge in [-0.2, -0.15) is 5.26 Å². The fourth-order valence-corrected chi connectivity index (χ4v) is 2.69. The zero-order valence-corrected chi connectivity index (χ0v) is 11.8. The summed E-state index contributed by atoms with van der Waals surface area (Å²) in [4.78, 5) is 14.1. The molecule has 2 aliphatic rings. The molecule has 0 bridgehead atoms. The Morgan fingerprint density at radius 1 is 1.33 bits per heavy atom. The summed E-state index contributed by atoms with van der Waals surface area (Å²) in [6, 6.07) is 9.12. The van der Waals surface area contributed by atoms with Crippen LogP contribution in [0.2, 0.25) is 0 Å². The molecular weight excluding hydrogens is 268 g/mol. The van der Waals surface area contributed by atoms with Gasteiger partial charge in [-0.25, -0.2) is 0 Å². The van der Waals surface area contributed by atoms with Crippen molar-refractivity contribution in [1.82, 2.24) is 4.90 Å². The lowest BCUT2D eigenvalue weighted by atomic mass is 9.98. The van der Waals surface area contributed by atoms with Gasteiger partial charge in [0.2, 0.25) is 5.91 Å². The molecule has 0 aliphatic carbocycles. The number of likely N-dealkylation sites (tertiary alicyclic amines) is 1. The van der Waals surface area contributed by atoms with Crippen LogP contribution >= 0.6 is 0 Å². The minimum atomic E-state index is 0.0228. The Bertz CT molecular complexity index is 538. The number of nitrogens with zero attached hydrogens (tertiary/aromatic N) is 2. The third kappa shape index (κ3) is 3.17. The molecule has 0 aromatic heterocycles. The lowest BCUT2D eigenvalue weighted by Crippen LogP contribution is -2.58. The maximum absolute atomic E-state index is 12.2. The van der Waals surface area contributed by atoms with Crippen LogP contribution in [0.5, 0.6) is 5.75 Å². The fourth-order valence-electron chi connectivity index (χ4n) is 2.69. The first-order valence-corrected chi connectivity index (χ1v) is 7.29. The van der Waals surface area contributed by atoms with Crippen molar-refractivity contribution < 1.29 is 14.3 Å². The molecule has 2 heterocycles. The van der Waals surface area contributed by atoms with Gasteiger partial charge in [0.25, 0.3) is 0 Å². The van der Waals surface area contributed by atoms with Crippen LogP contribution in [0.3, 0.4) is 0 Å². The molecule has 0 saturated carbocycles. The Morgan fingerprint density at radius 3 is 2.71 bits per heavy atom. The van der Waals surface area contributed by atoms with E-state index in [0.717, 1.165) is 25.2 Å². The highest BCUT2D eigenvalue weighted by molar-refractivity contribution is 5.80. The van der Waals surface area contributed by atoms with E-state index in [4.69, 9.17) is 14.7 Å². The topological polar surface area (TPSA) is 62.6 Å². The summed E-state index contributed by atoms with van der Waals surface area (Å²) in [6.45, 7) is 2.59. The quantitative estimate of drug-likeness (QED) is 0.846. The highest BCUT2D eigenvalue weighted by Gasteiger charge is 2.36. The van der Waals surface area contributed by atoms with E-state index in [1.807, 2.05) is 4.90 Å². The molecule has 1 aromatic carbocycles. The summed E-state index contributed by atoms with van der Waals surface area (Å²) < 4.78 is 11.1. The lowest BCUT2D eigenvalue weighted by Gasteiger charge is -2.41. The number of hydrogen-bond donors (Lipinski definition) is 0. The van der Waals surface area contributed by atoms with Gasteiger partial charge >= 0.3 is 0 Å². The van der Waals surface area contributed by atoms with Crippen LogP contribution in [0.15, 0.2) is 24.3 Å². The standard InChI is InChI=1S/C16H18N2O3/c17-8-12-3-5-14(6-4-12)21-15-9-18(10-15)16(19)13-2-1-7-20-11-13/h3-6,13,15H,1-2,7,9-11H2. The Morgan fingerprint density at radius 2 is 2.10 bits per heavy atom. The molecule has 1 atom stereocenters. The fraction of sp³-hybridized carbons (Fsp3) is 0.500. The molecule has 0 N–H and O–H groups in total. The van der Waals surface area contributed by atoms with Gasteiger partial charge in [0.1, 0.15) is 11.9 Å². The van der Waals surface area contributed by atoms with E-state index in [0.29, 0.717) is 25.3 Å². The van der Waals surface area contributed by atoms with Crippen LogP contribution in [-0.4, -0.2) is 43.2 Å². The molecule has 5 nitrogen and oxygen atoms in total. The van der Waals surface area contributed by atoms with Crippen LogP contribution in [0.4, 0.5) is 0 Å². The van der Waals surface area contributed by atoms with Crippen molar-refractivity contribution in [2.24, 2.45) is 5.92 Å². The van der Waals surface area contributed by atoms with Gasteiger partial charge in [-0.1, -0.05) is 0 Å². The second-order valence-corrected chi connectivity index (χ2v) is 5.53. The largest absolute Gasteiger partial charge is 0.487 e. The molecule has 2 saturated heterocycles. The first-order valence-electron chi connectivity index (χ1n) is 7.29. The van der Waals surface area contributed by atoms with Crippen molar-refractivity contribution >= 4 is 5.91 Å². The van der Waals surface area contributed by atoms with Gasteiger partial charge in [-0.05, 0) is 37.1 Å².